The van der Waals surface area contributed by atoms with Crippen molar-refractivity contribution in [3.05, 3.63) is 71.9 Å². The van der Waals surface area contributed by atoms with Crippen LogP contribution >= 0.6 is 11.6 Å². The SMILES string of the molecule is C=CC(=O)Nc1ccc(Cl)c2ccc(-c3cccc(C(=O)NC4CCC(N(C)CCOC)CC4)n3)cc12. The summed E-state index contributed by atoms with van der Waals surface area (Å²) < 4.78 is 5.19. The van der Waals surface area contributed by atoms with Crippen LogP contribution in [-0.2, 0) is 9.53 Å². The highest BCUT2D eigenvalue weighted by molar-refractivity contribution is 6.36. The summed E-state index contributed by atoms with van der Waals surface area (Å²) in [5, 5.41) is 8.17. The van der Waals surface area contributed by atoms with Crippen molar-refractivity contribution in [2.24, 2.45) is 0 Å². The number of hydrogen-bond donors (Lipinski definition) is 2. The van der Waals surface area contributed by atoms with Crippen LogP contribution in [0.5, 0.6) is 0 Å². The highest BCUT2D eigenvalue weighted by Crippen LogP contribution is 2.33. The fourth-order valence-electron chi connectivity index (χ4n) is 4.82. The van der Waals surface area contributed by atoms with Gasteiger partial charge in [0.25, 0.3) is 5.91 Å². The van der Waals surface area contributed by atoms with Crippen molar-refractivity contribution in [3.63, 3.8) is 0 Å². The van der Waals surface area contributed by atoms with Gasteiger partial charge in [-0.05, 0) is 69.1 Å². The summed E-state index contributed by atoms with van der Waals surface area (Å²) in [5.41, 5.74) is 2.49. The first-order valence-corrected chi connectivity index (χ1v) is 12.9. The first-order chi connectivity index (χ1) is 17.9. The highest BCUT2D eigenvalue weighted by Gasteiger charge is 2.25. The Morgan fingerprint density at radius 2 is 1.92 bits per heavy atom. The van der Waals surface area contributed by atoms with Gasteiger partial charge >= 0.3 is 0 Å². The number of pyridine rings is 1. The Morgan fingerprint density at radius 3 is 2.65 bits per heavy atom. The molecule has 37 heavy (non-hydrogen) atoms. The number of fused-ring (bicyclic) bond motifs is 1. The number of halogens is 1. The van der Waals surface area contributed by atoms with Crippen molar-refractivity contribution in [3.8, 4) is 11.3 Å². The van der Waals surface area contributed by atoms with Crippen molar-refractivity contribution in [1.29, 1.82) is 0 Å². The molecule has 2 amide bonds. The maximum absolute atomic E-state index is 13.0. The van der Waals surface area contributed by atoms with Crippen molar-refractivity contribution >= 4 is 39.9 Å². The second-order valence-corrected chi connectivity index (χ2v) is 9.82. The summed E-state index contributed by atoms with van der Waals surface area (Å²) in [5.74, 6) is -0.470. The van der Waals surface area contributed by atoms with E-state index in [1.165, 1.54) is 6.08 Å². The van der Waals surface area contributed by atoms with Gasteiger partial charge in [0.05, 0.1) is 12.3 Å². The van der Waals surface area contributed by atoms with E-state index in [1.807, 2.05) is 30.3 Å². The number of amides is 2. The molecule has 4 rings (SSSR count). The normalized spacial score (nSPS) is 17.5. The zero-order valence-electron chi connectivity index (χ0n) is 21.3. The van der Waals surface area contributed by atoms with Gasteiger partial charge in [0.15, 0.2) is 0 Å². The number of nitrogens with one attached hydrogen (secondary N) is 2. The molecule has 7 nitrogen and oxygen atoms in total. The summed E-state index contributed by atoms with van der Waals surface area (Å²) in [6.45, 7) is 5.16. The quantitative estimate of drug-likeness (QED) is 0.374. The molecule has 1 aliphatic rings. The molecular weight excluding hydrogens is 488 g/mol. The lowest BCUT2D eigenvalue weighted by Gasteiger charge is -2.34. The molecule has 0 aliphatic heterocycles. The molecule has 1 heterocycles. The lowest BCUT2D eigenvalue weighted by molar-refractivity contribution is -0.111. The van der Waals surface area contributed by atoms with E-state index in [9.17, 15) is 9.59 Å². The minimum absolute atomic E-state index is 0.142. The summed E-state index contributed by atoms with van der Waals surface area (Å²) >= 11 is 6.40. The molecule has 1 fully saturated rings. The second-order valence-electron chi connectivity index (χ2n) is 9.41. The Balaban J connectivity index is 1.48. The fourth-order valence-corrected chi connectivity index (χ4v) is 5.05. The minimum atomic E-state index is -0.304. The Hall–Kier alpha value is -3.26. The second kappa shape index (κ2) is 12.3. The Bertz CT molecular complexity index is 1290. The largest absolute Gasteiger partial charge is 0.383 e. The van der Waals surface area contributed by atoms with Crippen LogP contribution in [0.15, 0.2) is 61.2 Å². The van der Waals surface area contributed by atoms with Crippen LogP contribution in [0, 0.1) is 0 Å². The molecule has 0 unspecified atom stereocenters. The third-order valence-electron chi connectivity index (χ3n) is 6.99. The van der Waals surface area contributed by atoms with Gasteiger partial charge in [-0.25, -0.2) is 4.98 Å². The lowest BCUT2D eigenvalue weighted by Crippen LogP contribution is -2.43. The zero-order valence-corrected chi connectivity index (χ0v) is 22.1. The molecule has 1 aliphatic carbocycles. The van der Waals surface area contributed by atoms with Crippen molar-refractivity contribution in [2.45, 2.75) is 37.8 Å². The Labute approximate surface area is 222 Å². The lowest BCUT2D eigenvalue weighted by atomic mass is 9.90. The van der Waals surface area contributed by atoms with Gasteiger partial charge in [0.2, 0.25) is 5.91 Å². The van der Waals surface area contributed by atoms with Crippen LogP contribution in [0.2, 0.25) is 5.02 Å². The first-order valence-electron chi connectivity index (χ1n) is 12.5. The van der Waals surface area contributed by atoms with Gasteiger partial charge in [-0.1, -0.05) is 36.4 Å². The number of nitrogens with zero attached hydrogens (tertiary/aromatic N) is 2. The third kappa shape index (κ3) is 6.55. The minimum Gasteiger partial charge on any atom is -0.383 e. The van der Waals surface area contributed by atoms with Crippen LogP contribution in [-0.4, -0.2) is 61.1 Å². The average Bonchev–Trinajstić information content (AvgIpc) is 2.93. The molecule has 0 spiro atoms. The van der Waals surface area contributed by atoms with E-state index >= 15 is 0 Å². The molecule has 0 radical (unpaired) electrons. The molecule has 2 aromatic carbocycles. The van der Waals surface area contributed by atoms with E-state index < -0.39 is 0 Å². The van der Waals surface area contributed by atoms with Crippen LogP contribution in [0.25, 0.3) is 22.0 Å². The molecule has 2 N–H and O–H groups in total. The van der Waals surface area contributed by atoms with Crippen molar-refractivity contribution in [1.82, 2.24) is 15.2 Å². The van der Waals surface area contributed by atoms with E-state index in [4.69, 9.17) is 16.3 Å². The summed E-state index contributed by atoms with van der Waals surface area (Å²) in [6, 6.07) is 15.3. The number of hydrogen-bond acceptors (Lipinski definition) is 5. The number of carbonyl (C=O) groups excluding carboxylic acids is 2. The molecule has 0 bridgehead atoms. The van der Waals surface area contributed by atoms with Crippen molar-refractivity contribution < 1.29 is 14.3 Å². The molecular formula is C29H33ClN4O3. The summed E-state index contributed by atoms with van der Waals surface area (Å²) in [6.07, 6.45) is 5.20. The third-order valence-corrected chi connectivity index (χ3v) is 7.32. The number of methoxy groups -OCH3 is 1. The van der Waals surface area contributed by atoms with E-state index in [2.05, 4.69) is 34.1 Å². The van der Waals surface area contributed by atoms with Gasteiger partial charge in [-0.2, -0.15) is 0 Å². The van der Waals surface area contributed by atoms with E-state index in [1.54, 1.807) is 25.3 Å². The summed E-state index contributed by atoms with van der Waals surface area (Å²) in [7, 11) is 3.86. The Kier molecular flexibility index (Phi) is 8.92. The van der Waals surface area contributed by atoms with Gasteiger partial charge in [0, 0.05) is 52.8 Å². The highest BCUT2D eigenvalue weighted by atomic mass is 35.5. The number of anilines is 1. The molecule has 0 saturated heterocycles. The monoisotopic (exact) mass is 520 g/mol. The molecule has 0 atom stereocenters. The number of benzene rings is 2. The summed E-state index contributed by atoms with van der Waals surface area (Å²) in [4.78, 5) is 32.0. The van der Waals surface area contributed by atoms with E-state index in [-0.39, 0.29) is 17.9 Å². The number of ether oxygens (including phenoxy) is 1. The number of carbonyl (C=O) groups is 2. The molecule has 1 saturated carbocycles. The predicted octanol–water partition coefficient (Wildman–Crippen LogP) is 5.30. The predicted molar refractivity (Wildman–Crippen MR) is 149 cm³/mol. The average molecular weight is 521 g/mol. The van der Waals surface area contributed by atoms with Gasteiger partial charge in [-0.15, -0.1) is 0 Å². The fraction of sp³-hybridized carbons (Fsp3) is 0.345. The number of aromatic nitrogens is 1. The first kappa shape index (κ1) is 26.8. The Morgan fingerprint density at radius 1 is 1.14 bits per heavy atom. The maximum atomic E-state index is 13.0. The smallest absolute Gasteiger partial charge is 0.270 e. The molecule has 194 valence electrons. The maximum Gasteiger partial charge on any atom is 0.270 e. The zero-order chi connectivity index (χ0) is 26.4. The molecule has 3 aromatic rings. The molecule has 8 heteroatoms. The van der Waals surface area contributed by atoms with Crippen LogP contribution in [0.4, 0.5) is 5.69 Å². The van der Waals surface area contributed by atoms with E-state index in [0.29, 0.717) is 28.1 Å². The number of rotatable bonds is 9. The standard InChI is InChI=1S/C29H33ClN4O3/c1-4-28(35)33-26-15-14-24(30)22-13-8-19(18-23(22)26)25-6-5-7-27(32-25)29(36)31-20-9-11-21(12-10-20)34(2)16-17-37-3/h4-8,13-15,18,20-21H,1,9-12,16-17H2,2-3H3,(H,31,36)(H,33,35). The van der Waals surface area contributed by atoms with Crippen molar-refractivity contribution in [2.75, 3.05) is 32.6 Å². The molecule has 1 aromatic heterocycles. The van der Waals surface area contributed by atoms with Gasteiger partial charge in [-0.3, -0.25) is 9.59 Å². The van der Waals surface area contributed by atoms with Crippen LogP contribution in [0.1, 0.15) is 36.2 Å². The van der Waals surface area contributed by atoms with Crippen LogP contribution < -0.4 is 10.6 Å². The number of likely N-dealkylation sites (N-methyl/N-ethyl adjacent to an activating group) is 1. The van der Waals surface area contributed by atoms with E-state index in [0.717, 1.165) is 55.2 Å². The van der Waals surface area contributed by atoms with Gasteiger partial charge in [0.1, 0.15) is 5.69 Å². The topological polar surface area (TPSA) is 83.6 Å². The van der Waals surface area contributed by atoms with Gasteiger partial charge < -0.3 is 20.3 Å². The van der Waals surface area contributed by atoms with Crippen LogP contribution in [0.3, 0.4) is 0 Å².